The zero-order valence-corrected chi connectivity index (χ0v) is 11.7. The van der Waals surface area contributed by atoms with Gasteiger partial charge in [-0.3, -0.25) is 0 Å². The van der Waals surface area contributed by atoms with Crippen molar-refractivity contribution in [2.45, 2.75) is 54.0 Å². The Kier molecular flexibility index (Phi) is 5.28. The van der Waals surface area contributed by atoms with Crippen molar-refractivity contribution in [2.24, 2.45) is 16.6 Å². The van der Waals surface area contributed by atoms with E-state index in [9.17, 15) is 0 Å². The first kappa shape index (κ1) is 14.9. The van der Waals surface area contributed by atoms with Gasteiger partial charge in [-0.05, 0) is 37.8 Å². The average Bonchev–Trinajstić information content (AvgIpc) is 2.15. The van der Waals surface area contributed by atoms with Crippen molar-refractivity contribution in [1.29, 1.82) is 0 Å². The minimum absolute atomic E-state index is 0.258. The van der Waals surface area contributed by atoms with Crippen LogP contribution in [-0.2, 0) is 0 Å². The second-order valence-corrected chi connectivity index (χ2v) is 6.33. The lowest BCUT2D eigenvalue weighted by atomic mass is 9.83. The van der Waals surface area contributed by atoms with Crippen molar-refractivity contribution in [3.8, 4) is 0 Å². The first-order valence-corrected chi connectivity index (χ1v) is 6.06. The highest BCUT2D eigenvalue weighted by Crippen LogP contribution is 2.27. The average molecular weight is 214 g/mol. The third kappa shape index (κ3) is 4.52. The van der Waals surface area contributed by atoms with Crippen LogP contribution >= 0.6 is 0 Å². The van der Waals surface area contributed by atoms with Gasteiger partial charge in [0, 0.05) is 12.6 Å². The molecule has 0 heterocycles. The smallest absolute Gasteiger partial charge is 0.0113 e. The van der Waals surface area contributed by atoms with Gasteiger partial charge >= 0.3 is 0 Å². The van der Waals surface area contributed by atoms with Crippen molar-refractivity contribution < 1.29 is 0 Å². The van der Waals surface area contributed by atoms with Gasteiger partial charge in [0.2, 0.25) is 0 Å². The van der Waals surface area contributed by atoms with Crippen molar-refractivity contribution in [1.82, 2.24) is 4.90 Å². The minimum atomic E-state index is 0.258. The lowest BCUT2D eigenvalue weighted by Crippen LogP contribution is -2.46. The molecule has 0 aromatic carbocycles. The molecular weight excluding hydrogens is 184 g/mol. The Labute approximate surface area is 96.2 Å². The zero-order chi connectivity index (χ0) is 12.3. The van der Waals surface area contributed by atoms with Crippen molar-refractivity contribution in [2.75, 3.05) is 20.1 Å². The monoisotopic (exact) mass is 214 g/mol. The molecule has 15 heavy (non-hydrogen) atoms. The van der Waals surface area contributed by atoms with Gasteiger partial charge < -0.3 is 10.6 Å². The van der Waals surface area contributed by atoms with Crippen LogP contribution in [0.25, 0.3) is 0 Å². The minimum Gasteiger partial charge on any atom is -0.330 e. The third-order valence-electron chi connectivity index (χ3n) is 3.89. The van der Waals surface area contributed by atoms with Gasteiger partial charge in [-0.1, -0.05) is 34.6 Å². The highest BCUT2D eigenvalue weighted by atomic mass is 15.1. The van der Waals surface area contributed by atoms with Crippen molar-refractivity contribution >= 4 is 0 Å². The normalized spacial score (nSPS) is 19.0. The Balaban J connectivity index is 4.42. The van der Waals surface area contributed by atoms with E-state index in [0.29, 0.717) is 11.5 Å². The van der Waals surface area contributed by atoms with Crippen LogP contribution in [0.4, 0.5) is 0 Å². The summed E-state index contributed by atoms with van der Waals surface area (Å²) in [5.41, 5.74) is 6.44. The molecule has 0 aromatic rings. The zero-order valence-electron chi connectivity index (χ0n) is 11.7. The van der Waals surface area contributed by atoms with E-state index in [0.717, 1.165) is 19.5 Å². The molecule has 2 heteroatoms. The summed E-state index contributed by atoms with van der Waals surface area (Å²) in [5.74, 6) is 0. The first-order valence-electron chi connectivity index (χ1n) is 6.06. The van der Waals surface area contributed by atoms with E-state index in [1.807, 2.05) is 0 Å². The van der Waals surface area contributed by atoms with E-state index >= 15 is 0 Å². The van der Waals surface area contributed by atoms with Crippen molar-refractivity contribution in [3.05, 3.63) is 0 Å². The molecule has 0 rings (SSSR count). The van der Waals surface area contributed by atoms with E-state index in [1.165, 1.54) is 0 Å². The first-order chi connectivity index (χ1) is 6.66. The molecule has 2 atom stereocenters. The maximum absolute atomic E-state index is 5.85. The van der Waals surface area contributed by atoms with Gasteiger partial charge in [0.25, 0.3) is 0 Å². The number of hydrogen-bond donors (Lipinski definition) is 1. The van der Waals surface area contributed by atoms with Gasteiger partial charge in [0.15, 0.2) is 0 Å². The maximum atomic E-state index is 5.85. The summed E-state index contributed by atoms with van der Waals surface area (Å²) < 4.78 is 0. The topological polar surface area (TPSA) is 29.3 Å². The summed E-state index contributed by atoms with van der Waals surface area (Å²) in [6.07, 6.45) is 1.14. The number of nitrogens with two attached hydrogens (primary N) is 1. The molecule has 0 saturated heterocycles. The summed E-state index contributed by atoms with van der Waals surface area (Å²) in [7, 11) is 2.21. The maximum Gasteiger partial charge on any atom is 0.0113 e. The molecule has 0 spiro atoms. The highest BCUT2D eigenvalue weighted by Gasteiger charge is 2.29. The molecule has 0 aliphatic carbocycles. The molecule has 2 unspecified atom stereocenters. The fourth-order valence-corrected chi connectivity index (χ4v) is 1.72. The number of rotatable bonds is 5. The number of nitrogens with zero attached hydrogens (tertiary/aromatic N) is 1. The van der Waals surface area contributed by atoms with Gasteiger partial charge in [0.1, 0.15) is 0 Å². The van der Waals surface area contributed by atoms with Crippen LogP contribution in [0.15, 0.2) is 0 Å². The number of hydrogen-bond acceptors (Lipinski definition) is 2. The van der Waals surface area contributed by atoms with Gasteiger partial charge in [-0.2, -0.15) is 0 Å². The van der Waals surface area contributed by atoms with Gasteiger partial charge in [0.05, 0.1) is 0 Å². The Morgan fingerprint density at radius 1 is 1.20 bits per heavy atom. The summed E-state index contributed by atoms with van der Waals surface area (Å²) in [4.78, 5) is 2.44. The van der Waals surface area contributed by atoms with Crippen LogP contribution in [0.1, 0.15) is 48.0 Å². The fourth-order valence-electron chi connectivity index (χ4n) is 1.72. The molecule has 0 radical (unpaired) electrons. The molecule has 0 aromatic heterocycles. The predicted octanol–water partition coefficient (Wildman–Crippen LogP) is 2.73. The van der Waals surface area contributed by atoms with Crippen molar-refractivity contribution in [3.63, 3.8) is 0 Å². The van der Waals surface area contributed by atoms with E-state index in [4.69, 9.17) is 5.73 Å². The predicted molar refractivity (Wildman–Crippen MR) is 69.0 cm³/mol. The summed E-state index contributed by atoms with van der Waals surface area (Å²) in [6, 6.07) is 0.579. The summed E-state index contributed by atoms with van der Waals surface area (Å²) in [5, 5.41) is 0. The van der Waals surface area contributed by atoms with E-state index in [2.05, 4.69) is 53.5 Å². The second kappa shape index (κ2) is 5.31. The van der Waals surface area contributed by atoms with Crippen LogP contribution in [0.2, 0.25) is 0 Å². The van der Waals surface area contributed by atoms with Gasteiger partial charge in [-0.15, -0.1) is 0 Å². The van der Waals surface area contributed by atoms with Crippen LogP contribution < -0.4 is 5.73 Å². The van der Waals surface area contributed by atoms with Crippen LogP contribution in [-0.4, -0.2) is 31.1 Å². The molecule has 0 saturated carbocycles. The Hall–Kier alpha value is -0.0800. The molecule has 0 aliphatic rings. The van der Waals surface area contributed by atoms with Crippen LogP contribution in [0.3, 0.4) is 0 Å². The van der Waals surface area contributed by atoms with Crippen LogP contribution in [0.5, 0.6) is 0 Å². The SMILES string of the molecule is CCC(C)(CN)CN(C)C(C)C(C)(C)C. The molecule has 92 valence electrons. The molecular formula is C13H30N2. The molecule has 2 nitrogen and oxygen atoms in total. The second-order valence-electron chi connectivity index (χ2n) is 6.33. The third-order valence-corrected chi connectivity index (χ3v) is 3.89. The highest BCUT2D eigenvalue weighted by molar-refractivity contribution is 4.83. The van der Waals surface area contributed by atoms with E-state index < -0.39 is 0 Å². The molecule has 0 aliphatic heterocycles. The summed E-state index contributed by atoms with van der Waals surface area (Å²) >= 11 is 0. The lowest BCUT2D eigenvalue weighted by Gasteiger charge is -2.40. The fraction of sp³-hybridized carbons (Fsp3) is 1.00. The molecule has 0 bridgehead atoms. The Morgan fingerprint density at radius 2 is 1.67 bits per heavy atom. The van der Waals surface area contributed by atoms with Crippen LogP contribution in [0, 0.1) is 10.8 Å². The lowest BCUT2D eigenvalue weighted by molar-refractivity contribution is 0.0923. The van der Waals surface area contributed by atoms with E-state index in [1.54, 1.807) is 0 Å². The Morgan fingerprint density at radius 3 is 1.93 bits per heavy atom. The van der Waals surface area contributed by atoms with E-state index in [-0.39, 0.29) is 5.41 Å². The largest absolute Gasteiger partial charge is 0.330 e. The Bertz CT molecular complexity index is 177. The summed E-state index contributed by atoms with van der Waals surface area (Å²) in [6.45, 7) is 15.5. The molecule has 0 amide bonds. The molecule has 0 fully saturated rings. The standard InChI is InChI=1S/C13H30N2/c1-8-13(6,9-14)10-15(7)11(2)12(3,4)5/h11H,8-10,14H2,1-7H3. The quantitative estimate of drug-likeness (QED) is 0.762. The molecule has 2 N–H and O–H groups in total. The van der Waals surface area contributed by atoms with Gasteiger partial charge in [-0.25, -0.2) is 0 Å².